The molecule has 7 heteroatoms. The monoisotopic (exact) mass is 284 g/mol. The number of carboxylic acid groups (broad SMARTS) is 1. The van der Waals surface area contributed by atoms with E-state index < -0.39 is 16.0 Å². The molecule has 0 bridgehead atoms. The summed E-state index contributed by atoms with van der Waals surface area (Å²) in [7, 11) is -3.84. The van der Waals surface area contributed by atoms with E-state index in [1.807, 2.05) is 0 Å². The Morgan fingerprint density at radius 3 is 2.63 bits per heavy atom. The molecule has 1 aliphatic carbocycles. The van der Waals surface area contributed by atoms with Crippen molar-refractivity contribution in [2.45, 2.75) is 24.2 Å². The van der Waals surface area contributed by atoms with E-state index >= 15 is 0 Å². The Morgan fingerprint density at radius 1 is 1.42 bits per heavy atom. The van der Waals surface area contributed by atoms with Gasteiger partial charge in [-0.1, -0.05) is 6.42 Å². The van der Waals surface area contributed by atoms with Crippen molar-refractivity contribution < 1.29 is 18.3 Å². The molecule has 0 unspecified atom stereocenters. The molecule has 4 N–H and O–H groups in total. The van der Waals surface area contributed by atoms with Gasteiger partial charge in [-0.2, -0.15) is 0 Å². The predicted octanol–water partition coefficient (Wildman–Crippen LogP) is 1.05. The third kappa shape index (κ3) is 3.05. The van der Waals surface area contributed by atoms with Crippen LogP contribution in [0.4, 0.5) is 5.69 Å². The van der Waals surface area contributed by atoms with E-state index in [-0.39, 0.29) is 16.1 Å². The number of aromatic carboxylic acids is 1. The maximum Gasteiger partial charge on any atom is 0.337 e. The molecule has 0 saturated heterocycles. The summed E-state index contributed by atoms with van der Waals surface area (Å²) in [6.45, 7) is 0.343. The van der Waals surface area contributed by atoms with Gasteiger partial charge in [-0.05, 0) is 37.0 Å². The highest BCUT2D eigenvalue weighted by molar-refractivity contribution is 7.89. The van der Waals surface area contributed by atoms with Crippen LogP contribution in [0.15, 0.2) is 23.1 Å². The standard InChI is InChI=1S/C12H16N2O4S/c13-9-4-5-10(12(15)16)11(6-9)19(17,18)14-7-8-2-1-3-8/h4-6,8,14H,1-3,7,13H2,(H,15,16). The second kappa shape index (κ2) is 5.18. The number of nitrogens with two attached hydrogens (primary N) is 1. The van der Waals surface area contributed by atoms with E-state index in [0.717, 1.165) is 19.3 Å². The molecule has 6 nitrogen and oxygen atoms in total. The maximum absolute atomic E-state index is 12.1. The van der Waals surface area contributed by atoms with E-state index in [1.54, 1.807) is 0 Å². The van der Waals surface area contributed by atoms with Gasteiger partial charge in [0.25, 0.3) is 0 Å². The average Bonchev–Trinajstić information content (AvgIpc) is 2.26. The average molecular weight is 284 g/mol. The lowest BCUT2D eigenvalue weighted by molar-refractivity contribution is 0.0692. The van der Waals surface area contributed by atoms with E-state index in [2.05, 4.69) is 4.72 Å². The second-order valence-electron chi connectivity index (χ2n) is 4.71. The van der Waals surface area contributed by atoms with Crippen molar-refractivity contribution in [1.29, 1.82) is 0 Å². The van der Waals surface area contributed by atoms with Gasteiger partial charge in [-0.25, -0.2) is 17.9 Å². The Morgan fingerprint density at radius 2 is 2.11 bits per heavy atom. The highest BCUT2D eigenvalue weighted by atomic mass is 32.2. The lowest BCUT2D eigenvalue weighted by Crippen LogP contribution is -2.33. The number of hydrogen-bond donors (Lipinski definition) is 3. The third-order valence-corrected chi connectivity index (χ3v) is 4.78. The first-order valence-electron chi connectivity index (χ1n) is 6.02. The Kier molecular flexibility index (Phi) is 3.77. The highest BCUT2D eigenvalue weighted by Crippen LogP contribution is 2.26. The smallest absolute Gasteiger partial charge is 0.337 e. The number of carbonyl (C=O) groups is 1. The topological polar surface area (TPSA) is 109 Å². The fraction of sp³-hybridized carbons (Fsp3) is 0.417. The van der Waals surface area contributed by atoms with Crippen LogP contribution in [-0.4, -0.2) is 26.0 Å². The first-order valence-corrected chi connectivity index (χ1v) is 7.51. The summed E-state index contributed by atoms with van der Waals surface area (Å²) >= 11 is 0. The lowest BCUT2D eigenvalue weighted by atomic mass is 9.86. The Labute approximate surface area is 111 Å². The zero-order valence-electron chi connectivity index (χ0n) is 10.3. The van der Waals surface area contributed by atoms with Crippen LogP contribution in [0.25, 0.3) is 0 Å². The first kappa shape index (κ1) is 13.8. The molecular weight excluding hydrogens is 268 g/mol. The summed E-state index contributed by atoms with van der Waals surface area (Å²) in [5.41, 5.74) is 5.48. The van der Waals surface area contributed by atoms with Crippen molar-refractivity contribution in [1.82, 2.24) is 4.72 Å². The molecule has 0 aliphatic heterocycles. The van der Waals surface area contributed by atoms with Crippen LogP contribution in [0, 0.1) is 5.92 Å². The molecule has 0 atom stereocenters. The number of anilines is 1. The molecule has 1 aromatic rings. The minimum absolute atomic E-state index is 0.217. The van der Waals surface area contributed by atoms with Gasteiger partial charge in [0.2, 0.25) is 10.0 Å². The molecule has 0 spiro atoms. The normalized spacial score (nSPS) is 16.0. The van der Waals surface area contributed by atoms with Gasteiger partial charge in [0.05, 0.1) is 10.5 Å². The Bertz CT molecular complexity index is 594. The molecule has 0 aromatic heterocycles. The van der Waals surface area contributed by atoms with Crippen molar-refractivity contribution >= 4 is 21.7 Å². The summed E-state index contributed by atoms with van der Waals surface area (Å²) in [4.78, 5) is 10.8. The minimum Gasteiger partial charge on any atom is -0.478 e. The molecule has 0 heterocycles. The Balaban J connectivity index is 2.27. The number of nitrogens with one attached hydrogen (secondary N) is 1. The molecular formula is C12H16N2O4S. The van der Waals surface area contributed by atoms with Gasteiger partial charge in [0.15, 0.2) is 0 Å². The molecule has 19 heavy (non-hydrogen) atoms. The van der Waals surface area contributed by atoms with E-state index in [0.29, 0.717) is 12.5 Å². The van der Waals surface area contributed by atoms with Crippen LogP contribution in [0.2, 0.25) is 0 Å². The lowest BCUT2D eigenvalue weighted by Gasteiger charge is -2.25. The van der Waals surface area contributed by atoms with Gasteiger partial charge in [0, 0.05) is 12.2 Å². The number of nitrogen functional groups attached to an aromatic ring is 1. The summed E-state index contributed by atoms with van der Waals surface area (Å²) < 4.78 is 26.7. The molecule has 2 rings (SSSR count). The molecule has 0 amide bonds. The molecule has 0 radical (unpaired) electrons. The van der Waals surface area contributed by atoms with Gasteiger partial charge < -0.3 is 10.8 Å². The SMILES string of the molecule is Nc1ccc(C(=O)O)c(S(=O)(=O)NCC2CCC2)c1. The Hall–Kier alpha value is -1.60. The third-order valence-electron chi connectivity index (χ3n) is 3.31. The number of sulfonamides is 1. The molecule has 1 aromatic carbocycles. The summed E-state index contributed by atoms with van der Waals surface area (Å²) in [6.07, 6.45) is 3.13. The number of benzene rings is 1. The van der Waals surface area contributed by atoms with E-state index in [4.69, 9.17) is 10.8 Å². The van der Waals surface area contributed by atoms with Crippen molar-refractivity contribution in [2.75, 3.05) is 12.3 Å². The quantitative estimate of drug-likeness (QED) is 0.700. The molecule has 1 fully saturated rings. The fourth-order valence-corrected chi connectivity index (χ4v) is 3.29. The highest BCUT2D eigenvalue weighted by Gasteiger charge is 2.25. The summed E-state index contributed by atoms with van der Waals surface area (Å²) in [6, 6.07) is 3.75. The van der Waals surface area contributed by atoms with Crippen molar-refractivity contribution in [3.63, 3.8) is 0 Å². The molecule has 104 valence electrons. The van der Waals surface area contributed by atoms with Crippen molar-refractivity contribution in [3.05, 3.63) is 23.8 Å². The maximum atomic E-state index is 12.1. The minimum atomic E-state index is -3.84. The van der Waals surface area contributed by atoms with E-state index in [9.17, 15) is 13.2 Å². The summed E-state index contributed by atoms with van der Waals surface area (Å²) in [5.74, 6) is -0.937. The largest absolute Gasteiger partial charge is 0.478 e. The second-order valence-corrected chi connectivity index (χ2v) is 6.44. The summed E-state index contributed by atoms with van der Waals surface area (Å²) in [5, 5.41) is 9.02. The first-order chi connectivity index (χ1) is 8.90. The van der Waals surface area contributed by atoms with Crippen LogP contribution in [0.1, 0.15) is 29.6 Å². The van der Waals surface area contributed by atoms with Gasteiger partial charge in [0.1, 0.15) is 0 Å². The zero-order chi connectivity index (χ0) is 14.0. The number of rotatable bonds is 5. The van der Waals surface area contributed by atoms with Gasteiger partial charge in [-0.3, -0.25) is 0 Å². The molecule has 1 aliphatic rings. The van der Waals surface area contributed by atoms with Crippen LogP contribution in [-0.2, 0) is 10.0 Å². The number of hydrogen-bond acceptors (Lipinski definition) is 4. The van der Waals surface area contributed by atoms with Gasteiger partial charge in [-0.15, -0.1) is 0 Å². The fourth-order valence-electron chi connectivity index (χ4n) is 1.94. The zero-order valence-corrected chi connectivity index (χ0v) is 11.1. The van der Waals surface area contributed by atoms with E-state index in [1.165, 1.54) is 18.2 Å². The van der Waals surface area contributed by atoms with Crippen LogP contribution in [0.3, 0.4) is 0 Å². The number of carboxylic acids is 1. The predicted molar refractivity (Wildman–Crippen MR) is 70.3 cm³/mol. The van der Waals surface area contributed by atoms with Crippen LogP contribution in [0.5, 0.6) is 0 Å². The van der Waals surface area contributed by atoms with Crippen molar-refractivity contribution in [3.8, 4) is 0 Å². The molecule has 1 saturated carbocycles. The van der Waals surface area contributed by atoms with Crippen LogP contribution < -0.4 is 10.5 Å². The van der Waals surface area contributed by atoms with Crippen molar-refractivity contribution in [2.24, 2.45) is 5.92 Å². The van der Waals surface area contributed by atoms with Gasteiger partial charge >= 0.3 is 5.97 Å². The van der Waals surface area contributed by atoms with Crippen LogP contribution >= 0.6 is 0 Å².